The molecule has 2 rings (SSSR count). The van der Waals surface area contributed by atoms with Crippen molar-refractivity contribution in [3.8, 4) is 0 Å². The normalized spacial score (nSPS) is 10.9. The van der Waals surface area contributed by atoms with Crippen molar-refractivity contribution in [3.05, 3.63) is 41.5 Å². The van der Waals surface area contributed by atoms with Crippen LogP contribution in [0.2, 0.25) is 0 Å². The second-order valence-electron chi connectivity index (χ2n) is 4.00. The fourth-order valence-corrected chi connectivity index (χ4v) is 2.52. The number of hydrogen-bond donors (Lipinski definition) is 3. The summed E-state index contributed by atoms with van der Waals surface area (Å²) in [5, 5.41) is 17.9. The zero-order valence-corrected chi connectivity index (χ0v) is 11.9. The molecular weight excluding hydrogens is 347 g/mol. The Labute approximate surface area is 128 Å². The molecule has 0 radical (unpaired) electrons. The van der Waals surface area contributed by atoms with Crippen LogP contribution in [0, 0.1) is 0 Å². The van der Waals surface area contributed by atoms with E-state index in [1.807, 2.05) is 0 Å². The Balaban J connectivity index is 0.00000220. The molecule has 2 aromatic carbocycles. The molecule has 0 aromatic heterocycles. The van der Waals surface area contributed by atoms with E-state index < -0.39 is 27.0 Å². The summed E-state index contributed by atoms with van der Waals surface area (Å²) in [5.41, 5.74) is -0.501. The van der Waals surface area contributed by atoms with Gasteiger partial charge in [0.25, 0.3) is 10.1 Å². The molecule has 9 heteroatoms. The Hall–Kier alpha value is -1.96. The first-order valence-electron chi connectivity index (χ1n) is 5.22. The number of fused-ring (bicyclic) bond motifs is 1. The van der Waals surface area contributed by atoms with E-state index in [1.165, 1.54) is 18.2 Å². The third-order valence-electron chi connectivity index (χ3n) is 2.69. The van der Waals surface area contributed by atoms with E-state index in [4.69, 9.17) is 14.8 Å². The summed E-state index contributed by atoms with van der Waals surface area (Å²) in [5.74, 6) is -2.63. The molecule has 0 atom stereocenters. The van der Waals surface area contributed by atoms with Crippen LogP contribution in [0.1, 0.15) is 20.7 Å². The van der Waals surface area contributed by atoms with Gasteiger partial charge in [-0.2, -0.15) is 8.42 Å². The molecule has 3 N–H and O–H groups in total. The van der Waals surface area contributed by atoms with E-state index in [0.717, 1.165) is 12.1 Å². The van der Waals surface area contributed by atoms with Gasteiger partial charge >= 0.3 is 11.9 Å². The number of hydrogen-bond acceptors (Lipinski definition) is 4. The molecule has 0 spiro atoms. The van der Waals surface area contributed by atoms with Crippen LogP contribution in [0.25, 0.3) is 10.8 Å². The van der Waals surface area contributed by atoms with Crippen LogP contribution in [0.4, 0.5) is 0 Å². The minimum absolute atomic E-state index is 0. The summed E-state index contributed by atoms with van der Waals surface area (Å²) in [6, 6.07) is 5.53. The van der Waals surface area contributed by atoms with Gasteiger partial charge in [0.1, 0.15) is 4.90 Å². The molecule has 114 valence electrons. The van der Waals surface area contributed by atoms with Gasteiger partial charge in [-0.1, -0.05) is 6.07 Å². The second-order valence-corrected chi connectivity index (χ2v) is 5.39. The maximum Gasteiger partial charge on any atom is 0.335 e. The molecule has 21 heavy (non-hydrogen) atoms. The largest absolute Gasteiger partial charge is 0.478 e. The molecule has 0 fully saturated rings. The smallest absolute Gasteiger partial charge is 0.335 e. The first-order valence-corrected chi connectivity index (χ1v) is 6.66. The van der Waals surface area contributed by atoms with Gasteiger partial charge < -0.3 is 10.2 Å². The second kappa shape index (κ2) is 5.81. The summed E-state index contributed by atoms with van der Waals surface area (Å²) in [6.45, 7) is 0. The van der Waals surface area contributed by atoms with Crippen molar-refractivity contribution in [3.63, 3.8) is 0 Å². The Morgan fingerprint density at radius 3 is 1.95 bits per heavy atom. The Bertz CT molecular complexity index is 842. The summed E-state index contributed by atoms with van der Waals surface area (Å²) >= 11 is 0. The molecule has 7 nitrogen and oxygen atoms in total. The van der Waals surface area contributed by atoms with Crippen LogP contribution in [0.3, 0.4) is 0 Å². The monoisotopic (exact) mass is 354 g/mol. The quantitative estimate of drug-likeness (QED) is 0.562. The van der Waals surface area contributed by atoms with Crippen LogP contribution in [0.15, 0.2) is 35.2 Å². The summed E-state index contributed by atoms with van der Waals surface area (Å²) in [6.07, 6.45) is 0. The van der Waals surface area contributed by atoms with E-state index in [2.05, 4.69) is 0 Å². The van der Waals surface area contributed by atoms with E-state index in [1.54, 1.807) is 0 Å². The van der Waals surface area contributed by atoms with Crippen LogP contribution in [0.5, 0.6) is 0 Å². The molecule has 0 saturated carbocycles. The predicted molar refractivity (Wildman–Crippen MR) is 67.7 cm³/mol. The van der Waals surface area contributed by atoms with Crippen LogP contribution >= 0.6 is 0 Å². The molecule has 0 aliphatic heterocycles. The molecule has 2 aromatic rings. The number of aromatic carboxylic acids is 2. The van der Waals surface area contributed by atoms with E-state index in [-0.39, 0.29) is 38.4 Å². The number of benzene rings is 2. The fourth-order valence-electron chi connectivity index (χ4n) is 1.79. The average Bonchev–Trinajstić information content (AvgIpc) is 2.35. The van der Waals surface area contributed by atoms with Gasteiger partial charge in [-0.15, -0.1) is 0 Å². The van der Waals surface area contributed by atoms with Gasteiger partial charge in [-0.3, -0.25) is 4.55 Å². The topological polar surface area (TPSA) is 129 Å². The van der Waals surface area contributed by atoms with Crippen molar-refractivity contribution in [2.45, 2.75) is 4.90 Å². The number of carboxylic acids is 2. The minimum Gasteiger partial charge on any atom is -0.478 e. The zero-order chi connectivity index (χ0) is 15.1. The molecule has 0 amide bonds. The van der Waals surface area contributed by atoms with Gasteiger partial charge in [-0.05, 0) is 29.7 Å². The van der Waals surface area contributed by atoms with Gasteiger partial charge in [0.05, 0.1) is 11.1 Å². The van der Waals surface area contributed by atoms with E-state index in [0.29, 0.717) is 0 Å². The van der Waals surface area contributed by atoms with Crippen molar-refractivity contribution in [1.82, 2.24) is 0 Å². The van der Waals surface area contributed by atoms with E-state index >= 15 is 0 Å². The molecule has 0 aliphatic carbocycles. The maximum atomic E-state index is 11.3. The molecule has 0 unspecified atom stereocenters. The van der Waals surface area contributed by atoms with Crippen molar-refractivity contribution < 1.29 is 49.3 Å². The Morgan fingerprint density at radius 1 is 0.905 bits per heavy atom. The molecule has 0 aliphatic rings. The average molecular weight is 355 g/mol. The van der Waals surface area contributed by atoms with Gasteiger partial charge in [-0.25, -0.2) is 9.59 Å². The third kappa shape index (κ3) is 3.38. The maximum absolute atomic E-state index is 11.3. The standard InChI is InChI=1S/C12H8O7S.Ni/c13-11(14)7-2-1-6-3-8(12(15)16)5-10(9(6)4-7)20(17,18)19;/h1-5H,(H,13,14)(H,15,16)(H,17,18,19);. The van der Waals surface area contributed by atoms with Crippen LogP contribution in [-0.2, 0) is 26.6 Å². The van der Waals surface area contributed by atoms with E-state index in [9.17, 15) is 18.0 Å². The Morgan fingerprint density at radius 2 is 1.48 bits per heavy atom. The van der Waals surface area contributed by atoms with Crippen LogP contribution < -0.4 is 0 Å². The number of carbonyl (C=O) groups is 2. The first-order chi connectivity index (χ1) is 9.20. The summed E-state index contributed by atoms with van der Waals surface area (Å²) in [7, 11) is -4.68. The molecule has 0 saturated heterocycles. The fraction of sp³-hybridized carbons (Fsp3) is 0. The predicted octanol–water partition coefficient (Wildman–Crippen LogP) is 1.48. The van der Waals surface area contributed by atoms with Crippen LogP contribution in [-0.4, -0.2) is 35.1 Å². The first kappa shape index (κ1) is 17.1. The summed E-state index contributed by atoms with van der Waals surface area (Å²) < 4.78 is 31.8. The van der Waals surface area contributed by atoms with Crippen molar-refractivity contribution >= 4 is 32.8 Å². The van der Waals surface area contributed by atoms with Gasteiger partial charge in [0, 0.05) is 21.9 Å². The molecule has 0 heterocycles. The third-order valence-corrected chi connectivity index (χ3v) is 3.58. The summed E-state index contributed by atoms with van der Waals surface area (Å²) in [4.78, 5) is 21.2. The molecular formula is C12H8NiO7S. The number of carboxylic acid groups (broad SMARTS) is 2. The SMILES string of the molecule is O=C(O)c1cc(S(=O)(=O)O)c2cc(C(=O)O)ccc2c1.[Ni]. The minimum atomic E-state index is -4.68. The molecule has 0 bridgehead atoms. The van der Waals surface area contributed by atoms with Crippen molar-refractivity contribution in [1.29, 1.82) is 0 Å². The van der Waals surface area contributed by atoms with Gasteiger partial charge in [0.2, 0.25) is 0 Å². The zero-order valence-electron chi connectivity index (χ0n) is 10.1. The Kier molecular flexibility index (Phi) is 4.73. The van der Waals surface area contributed by atoms with Gasteiger partial charge in [0.15, 0.2) is 0 Å². The van der Waals surface area contributed by atoms with Crippen molar-refractivity contribution in [2.24, 2.45) is 0 Å². The van der Waals surface area contributed by atoms with Crippen molar-refractivity contribution in [2.75, 3.05) is 0 Å². The number of rotatable bonds is 3.